The summed E-state index contributed by atoms with van der Waals surface area (Å²) in [6.07, 6.45) is 0.727. The van der Waals surface area contributed by atoms with Gasteiger partial charge in [0.05, 0.1) is 20.6 Å². The van der Waals surface area contributed by atoms with Crippen molar-refractivity contribution >= 4 is 50.7 Å². The lowest BCUT2D eigenvalue weighted by Crippen LogP contribution is -2.52. The molecule has 2 atom stereocenters. The molecule has 2 amide bonds. The third-order valence-electron chi connectivity index (χ3n) is 6.44. The predicted molar refractivity (Wildman–Crippen MR) is 157 cm³/mol. The lowest BCUT2D eigenvalue weighted by molar-refractivity contribution is -0.139. The molecule has 10 heteroatoms. The van der Waals surface area contributed by atoms with E-state index in [9.17, 15) is 18.0 Å². The number of anilines is 1. The molecule has 0 aliphatic rings. The van der Waals surface area contributed by atoms with Crippen molar-refractivity contribution in [1.82, 2.24) is 10.2 Å². The zero-order valence-electron chi connectivity index (χ0n) is 22.4. The number of benzene rings is 3. The molecule has 0 bridgehead atoms. The van der Waals surface area contributed by atoms with Gasteiger partial charge in [-0.2, -0.15) is 0 Å². The van der Waals surface area contributed by atoms with Crippen LogP contribution < -0.4 is 9.62 Å². The van der Waals surface area contributed by atoms with E-state index in [0.29, 0.717) is 0 Å². The van der Waals surface area contributed by atoms with Crippen LogP contribution in [0.25, 0.3) is 0 Å². The van der Waals surface area contributed by atoms with Gasteiger partial charge in [0, 0.05) is 12.6 Å². The first-order chi connectivity index (χ1) is 18.4. The Morgan fingerprint density at radius 1 is 0.923 bits per heavy atom. The molecule has 0 aromatic heterocycles. The Hall–Kier alpha value is -3.07. The monoisotopic (exact) mass is 589 g/mol. The Morgan fingerprint density at radius 2 is 1.56 bits per heavy atom. The molecule has 1 N–H and O–H groups in total. The van der Waals surface area contributed by atoms with Crippen LogP contribution >= 0.6 is 23.2 Å². The molecule has 0 aliphatic heterocycles. The number of amides is 2. The number of nitrogens with zero attached hydrogens (tertiary/aromatic N) is 2. The maximum atomic E-state index is 13.9. The van der Waals surface area contributed by atoms with Crippen molar-refractivity contribution < 1.29 is 18.0 Å². The van der Waals surface area contributed by atoms with E-state index < -0.39 is 28.5 Å². The third kappa shape index (κ3) is 7.75. The molecule has 0 unspecified atom stereocenters. The quantitative estimate of drug-likeness (QED) is 0.305. The smallest absolute Gasteiger partial charge is 0.264 e. The minimum atomic E-state index is -4.18. The molecule has 0 spiro atoms. The standard InChI is InChI=1S/C29H33Cl2N3O4S/c1-5-21(3)32-29(36)22(4)33(18-23-13-11-20(2)12-14-23)28(35)19-34(24-15-16-26(30)27(31)17-24)39(37,38)25-9-7-6-8-10-25/h6-17,21-22H,5,18-19H2,1-4H3,(H,32,36)/t21-,22+/m0/s1. The fourth-order valence-electron chi connectivity index (χ4n) is 3.83. The predicted octanol–water partition coefficient (Wildman–Crippen LogP) is 5.83. The Bertz CT molecular complexity index is 1400. The summed E-state index contributed by atoms with van der Waals surface area (Å²) >= 11 is 12.3. The lowest BCUT2D eigenvalue weighted by atomic mass is 10.1. The number of carbonyl (C=O) groups excluding carboxylic acids is 2. The van der Waals surface area contributed by atoms with E-state index in [0.717, 1.165) is 21.9 Å². The Kier molecular flexibility index (Phi) is 10.4. The minimum Gasteiger partial charge on any atom is -0.352 e. The topological polar surface area (TPSA) is 86.8 Å². The fraction of sp³-hybridized carbons (Fsp3) is 0.310. The number of carbonyl (C=O) groups is 2. The molecule has 7 nitrogen and oxygen atoms in total. The van der Waals surface area contributed by atoms with E-state index in [1.165, 1.54) is 35.2 Å². The molecule has 0 aliphatic carbocycles. The van der Waals surface area contributed by atoms with Crippen molar-refractivity contribution in [2.24, 2.45) is 0 Å². The van der Waals surface area contributed by atoms with Crippen molar-refractivity contribution in [2.75, 3.05) is 10.8 Å². The van der Waals surface area contributed by atoms with Crippen molar-refractivity contribution in [1.29, 1.82) is 0 Å². The number of nitrogens with one attached hydrogen (secondary N) is 1. The van der Waals surface area contributed by atoms with E-state index in [4.69, 9.17) is 23.2 Å². The Morgan fingerprint density at radius 3 is 2.15 bits per heavy atom. The summed E-state index contributed by atoms with van der Waals surface area (Å²) in [4.78, 5) is 28.4. The van der Waals surface area contributed by atoms with E-state index in [1.54, 1.807) is 25.1 Å². The first kappa shape index (κ1) is 30.5. The average molecular weight is 591 g/mol. The molecule has 0 heterocycles. The van der Waals surface area contributed by atoms with Crippen LogP contribution in [0.4, 0.5) is 5.69 Å². The molecule has 3 aromatic rings. The zero-order valence-corrected chi connectivity index (χ0v) is 24.7. The summed E-state index contributed by atoms with van der Waals surface area (Å²) in [6.45, 7) is 7.00. The van der Waals surface area contributed by atoms with Crippen molar-refractivity contribution in [3.63, 3.8) is 0 Å². The first-order valence-electron chi connectivity index (χ1n) is 12.6. The van der Waals surface area contributed by atoms with Gasteiger partial charge in [-0.25, -0.2) is 8.42 Å². The minimum absolute atomic E-state index is 0.0107. The van der Waals surface area contributed by atoms with Crippen LogP contribution in [-0.4, -0.2) is 43.8 Å². The molecule has 3 aromatic carbocycles. The van der Waals surface area contributed by atoms with E-state index >= 15 is 0 Å². The van der Waals surface area contributed by atoms with Gasteiger partial charge in [0.2, 0.25) is 11.8 Å². The molecule has 0 fully saturated rings. The number of hydrogen-bond acceptors (Lipinski definition) is 4. The third-order valence-corrected chi connectivity index (χ3v) is 8.97. The van der Waals surface area contributed by atoms with Crippen molar-refractivity contribution in [2.45, 2.75) is 57.6 Å². The van der Waals surface area contributed by atoms with Crippen LogP contribution in [0.5, 0.6) is 0 Å². The fourth-order valence-corrected chi connectivity index (χ4v) is 5.55. The van der Waals surface area contributed by atoms with Gasteiger partial charge in [-0.05, 0) is 63.1 Å². The summed E-state index contributed by atoms with van der Waals surface area (Å²) in [5.74, 6) is -0.871. The number of aryl methyl sites for hydroxylation is 1. The second-order valence-electron chi connectivity index (χ2n) is 9.42. The van der Waals surface area contributed by atoms with Gasteiger partial charge in [0.15, 0.2) is 0 Å². The summed E-state index contributed by atoms with van der Waals surface area (Å²) in [5.41, 5.74) is 2.04. The van der Waals surface area contributed by atoms with Gasteiger partial charge in [0.25, 0.3) is 10.0 Å². The number of hydrogen-bond donors (Lipinski definition) is 1. The molecular weight excluding hydrogens is 557 g/mol. The molecule has 0 radical (unpaired) electrons. The van der Waals surface area contributed by atoms with Crippen LogP contribution in [0.15, 0.2) is 77.7 Å². The summed E-state index contributed by atoms with van der Waals surface area (Å²) in [5, 5.41) is 3.31. The highest BCUT2D eigenvalue weighted by Gasteiger charge is 2.33. The summed E-state index contributed by atoms with van der Waals surface area (Å²) in [6, 6.07) is 18.9. The van der Waals surface area contributed by atoms with Crippen LogP contribution in [0.2, 0.25) is 10.0 Å². The highest BCUT2D eigenvalue weighted by Crippen LogP contribution is 2.31. The molecule has 208 valence electrons. The first-order valence-corrected chi connectivity index (χ1v) is 14.8. The van der Waals surface area contributed by atoms with Crippen LogP contribution in [0, 0.1) is 6.92 Å². The van der Waals surface area contributed by atoms with Crippen LogP contribution in [-0.2, 0) is 26.2 Å². The van der Waals surface area contributed by atoms with Gasteiger partial charge in [-0.15, -0.1) is 0 Å². The number of halogens is 2. The van der Waals surface area contributed by atoms with E-state index in [-0.39, 0.29) is 39.1 Å². The molecule has 0 saturated carbocycles. The van der Waals surface area contributed by atoms with E-state index in [2.05, 4.69) is 5.32 Å². The SMILES string of the molecule is CC[C@H](C)NC(=O)[C@@H](C)N(Cc1ccc(C)cc1)C(=O)CN(c1ccc(Cl)c(Cl)c1)S(=O)(=O)c1ccccc1. The van der Waals surface area contributed by atoms with Gasteiger partial charge in [-0.1, -0.05) is 78.2 Å². The molecule has 39 heavy (non-hydrogen) atoms. The Balaban J connectivity index is 2.03. The average Bonchev–Trinajstić information content (AvgIpc) is 2.92. The van der Waals surface area contributed by atoms with E-state index in [1.807, 2.05) is 45.0 Å². The Labute approximate surface area is 240 Å². The van der Waals surface area contributed by atoms with Gasteiger partial charge >= 0.3 is 0 Å². The van der Waals surface area contributed by atoms with Crippen molar-refractivity contribution in [3.8, 4) is 0 Å². The molecular formula is C29H33Cl2N3O4S. The largest absolute Gasteiger partial charge is 0.352 e. The highest BCUT2D eigenvalue weighted by molar-refractivity contribution is 7.92. The second-order valence-corrected chi connectivity index (χ2v) is 12.1. The van der Waals surface area contributed by atoms with Gasteiger partial charge in [-0.3, -0.25) is 13.9 Å². The summed E-state index contributed by atoms with van der Waals surface area (Å²) < 4.78 is 28.5. The maximum Gasteiger partial charge on any atom is 0.264 e. The normalized spacial score (nSPS) is 12.9. The lowest BCUT2D eigenvalue weighted by Gasteiger charge is -2.32. The van der Waals surface area contributed by atoms with Crippen LogP contribution in [0.1, 0.15) is 38.3 Å². The van der Waals surface area contributed by atoms with Gasteiger partial charge in [0.1, 0.15) is 12.6 Å². The van der Waals surface area contributed by atoms with Gasteiger partial charge < -0.3 is 10.2 Å². The highest BCUT2D eigenvalue weighted by atomic mass is 35.5. The molecule has 3 rings (SSSR count). The molecule has 0 saturated heterocycles. The second kappa shape index (κ2) is 13.3. The maximum absolute atomic E-state index is 13.9. The van der Waals surface area contributed by atoms with Crippen LogP contribution in [0.3, 0.4) is 0 Å². The zero-order chi connectivity index (χ0) is 28.7. The summed E-state index contributed by atoms with van der Waals surface area (Å²) in [7, 11) is -4.18. The number of rotatable bonds is 11. The van der Waals surface area contributed by atoms with Crippen molar-refractivity contribution in [3.05, 3.63) is 94.0 Å². The number of sulfonamides is 1.